The van der Waals surface area contributed by atoms with Crippen molar-refractivity contribution >= 4 is 21.5 Å². The van der Waals surface area contributed by atoms with Crippen molar-refractivity contribution in [2.45, 2.75) is 11.8 Å². The van der Waals surface area contributed by atoms with E-state index in [9.17, 15) is 28.6 Å². The second-order valence-electron chi connectivity index (χ2n) is 3.07. The molecule has 1 N–H and O–H groups in total. The SMILES string of the molecule is Cc1ccc([N+](=O)[O-])c(S(=O)(=O)O)c1[N+](=O)[O-]. The van der Waals surface area contributed by atoms with Gasteiger partial charge in [0, 0.05) is 11.6 Å². The Balaban J connectivity index is 3.88. The first-order valence-corrected chi connectivity index (χ1v) is 5.50. The first-order valence-electron chi connectivity index (χ1n) is 4.06. The fourth-order valence-electron chi connectivity index (χ4n) is 1.28. The van der Waals surface area contributed by atoms with Crippen LogP contribution in [0.2, 0.25) is 0 Å². The second-order valence-corrected chi connectivity index (χ2v) is 4.43. The van der Waals surface area contributed by atoms with E-state index in [4.69, 9.17) is 4.55 Å². The van der Waals surface area contributed by atoms with Gasteiger partial charge >= 0.3 is 10.1 Å². The summed E-state index contributed by atoms with van der Waals surface area (Å²) in [5, 5.41) is 21.2. The zero-order valence-electron chi connectivity index (χ0n) is 8.35. The summed E-state index contributed by atoms with van der Waals surface area (Å²) in [6.45, 7) is 1.20. The Morgan fingerprint density at radius 3 is 2.06 bits per heavy atom. The average Bonchev–Trinajstić information content (AvgIpc) is 2.14. The molecule has 1 aromatic rings. The molecule has 0 saturated carbocycles. The van der Waals surface area contributed by atoms with Crippen molar-refractivity contribution in [2.24, 2.45) is 0 Å². The summed E-state index contributed by atoms with van der Waals surface area (Å²) in [5.41, 5.74) is -2.14. The van der Waals surface area contributed by atoms with Crippen LogP contribution in [0.15, 0.2) is 17.0 Å². The normalized spacial score (nSPS) is 11.2. The fraction of sp³-hybridized carbons (Fsp3) is 0.143. The van der Waals surface area contributed by atoms with Gasteiger partial charge in [-0.1, -0.05) is 0 Å². The molecule has 0 aromatic heterocycles. The Bertz CT molecular complexity index is 607. The summed E-state index contributed by atoms with van der Waals surface area (Å²) in [5.74, 6) is 0. The summed E-state index contributed by atoms with van der Waals surface area (Å²) >= 11 is 0. The molecule has 0 atom stereocenters. The molecule has 92 valence electrons. The van der Waals surface area contributed by atoms with Gasteiger partial charge in [0.05, 0.1) is 9.85 Å². The number of nitrogens with zero attached hydrogens (tertiary/aromatic N) is 2. The van der Waals surface area contributed by atoms with E-state index in [2.05, 4.69) is 0 Å². The van der Waals surface area contributed by atoms with Crippen LogP contribution in [0.5, 0.6) is 0 Å². The lowest BCUT2D eigenvalue weighted by Gasteiger charge is -2.03. The number of aryl methyl sites for hydroxylation is 1. The van der Waals surface area contributed by atoms with Crippen LogP contribution in [-0.4, -0.2) is 22.8 Å². The number of nitro groups is 2. The van der Waals surface area contributed by atoms with Crippen molar-refractivity contribution in [1.29, 1.82) is 0 Å². The Kier molecular flexibility index (Phi) is 3.11. The predicted octanol–water partition coefficient (Wildman–Crippen LogP) is 1.06. The monoisotopic (exact) mass is 262 g/mol. The highest BCUT2D eigenvalue weighted by Crippen LogP contribution is 2.35. The van der Waals surface area contributed by atoms with Gasteiger partial charge in [-0.25, -0.2) is 0 Å². The lowest BCUT2D eigenvalue weighted by atomic mass is 10.2. The van der Waals surface area contributed by atoms with E-state index in [-0.39, 0.29) is 5.56 Å². The number of rotatable bonds is 3. The molecule has 9 nitrogen and oxygen atoms in total. The molecule has 0 fully saturated rings. The summed E-state index contributed by atoms with van der Waals surface area (Å²) in [6, 6.07) is 1.82. The van der Waals surface area contributed by atoms with Crippen LogP contribution in [0.1, 0.15) is 5.56 Å². The predicted molar refractivity (Wildman–Crippen MR) is 54.3 cm³/mol. The largest absolute Gasteiger partial charge is 0.308 e. The van der Waals surface area contributed by atoms with Gasteiger partial charge in [-0.3, -0.25) is 24.8 Å². The number of benzene rings is 1. The van der Waals surface area contributed by atoms with Crippen LogP contribution >= 0.6 is 0 Å². The molecule has 17 heavy (non-hydrogen) atoms. The van der Waals surface area contributed by atoms with E-state index in [0.29, 0.717) is 0 Å². The molecule has 0 unspecified atom stereocenters. The quantitative estimate of drug-likeness (QED) is 0.487. The molecular formula is C7H6N2O7S. The summed E-state index contributed by atoms with van der Waals surface area (Å²) in [6.07, 6.45) is 0. The Morgan fingerprint density at radius 1 is 1.18 bits per heavy atom. The van der Waals surface area contributed by atoms with Crippen molar-refractivity contribution in [2.75, 3.05) is 0 Å². The molecular weight excluding hydrogens is 256 g/mol. The highest BCUT2D eigenvalue weighted by molar-refractivity contribution is 7.86. The van der Waals surface area contributed by atoms with Gasteiger partial charge in [-0.15, -0.1) is 0 Å². The third-order valence-electron chi connectivity index (χ3n) is 1.95. The van der Waals surface area contributed by atoms with Crippen LogP contribution in [-0.2, 0) is 10.1 Å². The van der Waals surface area contributed by atoms with E-state index >= 15 is 0 Å². The van der Waals surface area contributed by atoms with E-state index in [1.165, 1.54) is 6.92 Å². The summed E-state index contributed by atoms with van der Waals surface area (Å²) in [7, 11) is -5.06. The van der Waals surface area contributed by atoms with Gasteiger partial charge in [-0.05, 0) is 13.0 Å². The first-order chi connectivity index (χ1) is 7.66. The maximum absolute atomic E-state index is 11.0. The maximum Gasteiger partial charge on any atom is 0.308 e. The molecule has 0 aliphatic heterocycles. The maximum atomic E-state index is 11.0. The molecule has 0 spiro atoms. The molecule has 0 saturated heterocycles. The molecule has 0 heterocycles. The van der Waals surface area contributed by atoms with Gasteiger partial charge < -0.3 is 0 Å². The molecule has 1 aromatic carbocycles. The van der Waals surface area contributed by atoms with Crippen molar-refractivity contribution in [3.63, 3.8) is 0 Å². The second kappa shape index (κ2) is 4.07. The lowest BCUT2D eigenvalue weighted by Crippen LogP contribution is -2.08. The van der Waals surface area contributed by atoms with Gasteiger partial charge in [0.25, 0.3) is 11.4 Å². The molecule has 0 aliphatic carbocycles. The van der Waals surface area contributed by atoms with Gasteiger partial charge in [0.2, 0.25) is 4.90 Å². The first kappa shape index (κ1) is 13.0. The topological polar surface area (TPSA) is 141 Å². The van der Waals surface area contributed by atoms with E-state index < -0.39 is 36.2 Å². The van der Waals surface area contributed by atoms with Gasteiger partial charge in [0.15, 0.2) is 0 Å². The fourth-order valence-corrected chi connectivity index (χ4v) is 2.17. The highest BCUT2D eigenvalue weighted by Gasteiger charge is 2.35. The summed E-state index contributed by atoms with van der Waals surface area (Å²) in [4.78, 5) is 17.7. The summed E-state index contributed by atoms with van der Waals surface area (Å²) < 4.78 is 30.8. The zero-order valence-corrected chi connectivity index (χ0v) is 9.17. The number of hydrogen-bond donors (Lipinski definition) is 1. The molecule has 1 rings (SSSR count). The van der Waals surface area contributed by atoms with E-state index in [1.54, 1.807) is 0 Å². The third-order valence-corrected chi connectivity index (χ3v) is 2.87. The van der Waals surface area contributed by atoms with Crippen LogP contribution in [0.3, 0.4) is 0 Å². The standard InChI is InChI=1S/C7H6N2O7S/c1-4-2-3-5(8(10)11)7(17(14,15)16)6(4)9(12)13/h2-3H,1H3,(H,14,15,16). The molecule has 0 aliphatic rings. The minimum Gasteiger partial charge on any atom is -0.281 e. The van der Waals surface area contributed by atoms with Crippen molar-refractivity contribution in [3.05, 3.63) is 37.9 Å². The van der Waals surface area contributed by atoms with Crippen molar-refractivity contribution in [1.82, 2.24) is 0 Å². The van der Waals surface area contributed by atoms with Gasteiger partial charge in [-0.2, -0.15) is 8.42 Å². The smallest absolute Gasteiger partial charge is 0.281 e. The third kappa shape index (κ3) is 2.37. The van der Waals surface area contributed by atoms with Crippen LogP contribution in [0.4, 0.5) is 11.4 Å². The van der Waals surface area contributed by atoms with E-state index in [0.717, 1.165) is 12.1 Å². The number of nitro benzene ring substituents is 2. The molecule has 0 radical (unpaired) electrons. The van der Waals surface area contributed by atoms with Crippen molar-refractivity contribution < 1.29 is 22.8 Å². The Morgan fingerprint density at radius 2 is 1.71 bits per heavy atom. The average molecular weight is 262 g/mol. The molecule has 0 bridgehead atoms. The highest BCUT2D eigenvalue weighted by atomic mass is 32.2. The minimum atomic E-state index is -5.06. The van der Waals surface area contributed by atoms with Crippen LogP contribution in [0.25, 0.3) is 0 Å². The van der Waals surface area contributed by atoms with Crippen molar-refractivity contribution in [3.8, 4) is 0 Å². The minimum absolute atomic E-state index is 0.103. The van der Waals surface area contributed by atoms with Crippen LogP contribution in [0, 0.1) is 27.2 Å². The van der Waals surface area contributed by atoms with Crippen LogP contribution < -0.4 is 0 Å². The van der Waals surface area contributed by atoms with E-state index in [1.807, 2.05) is 0 Å². The van der Waals surface area contributed by atoms with Gasteiger partial charge in [0.1, 0.15) is 0 Å². The number of hydrogen-bond acceptors (Lipinski definition) is 6. The zero-order chi connectivity index (χ0) is 13.4. The molecule has 0 amide bonds. The molecule has 10 heteroatoms. The lowest BCUT2D eigenvalue weighted by molar-refractivity contribution is -0.400. The Hall–Kier alpha value is -2.07. The Labute approximate surface area is 94.7 Å².